The molecule has 2 aromatic carbocycles. The maximum atomic E-state index is 14.6. The second-order valence-corrected chi connectivity index (χ2v) is 22.0. The van der Waals surface area contributed by atoms with Gasteiger partial charge in [-0.25, -0.2) is 43.8 Å². The second-order valence-electron chi connectivity index (χ2n) is 22.0. The highest BCUT2D eigenvalue weighted by molar-refractivity contribution is 5.82. The molecule has 0 aliphatic heterocycles. The van der Waals surface area contributed by atoms with Crippen molar-refractivity contribution in [2.75, 3.05) is 10.6 Å². The van der Waals surface area contributed by atoms with Crippen LogP contribution in [0.1, 0.15) is 121 Å². The molecule has 80 heavy (non-hydrogen) atoms. The quantitative estimate of drug-likeness (QED) is 0.0297. The molecule has 5 heterocycles. The van der Waals surface area contributed by atoms with Crippen LogP contribution in [-0.4, -0.2) is 57.8 Å². The highest BCUT2D eigenvalue weighted by atomic mass is 19.4. The first-order valence-electron chi connectivity index (χ1n) is 25.8. The van der Waals surface area contributed by atoms with E-state index in [0.29, 0.717) is 92.9 Å². The average Bonchev–Trinajstić information content (AvgIpc) is 4.22. The molecule has 0 saturated heterocycles. The van der Waals surface area contributed by atoms with Crippen LogP contribution in [0.25, 0.3) is 0 Å². The Labute approximate surface area is 455 Å². The fourth-order valence-corrected chi connectivity index (χ4v) is 10.2. The lowest BCUT2D eigenvalue weighted by Crippen LogP contribution is -2.48. The maximum absolute atomic E-state index is 14.6. The Kier molecular flexibility index (Phi) is 16.8. The van der Waals surface area contributed by atoms with Gasteiger partial charge in [0.2, 0.25) is 11.8 Å². The van der Waals surface area contributed by atoms with E-state index in [1.807, 2.05) is 99.4 Å². The minimum absolute atomic E-state index is 0.220. The summed E-state index contributed by atoms with van der Waals surface area (Å²) in [5.41, 5.74) is -1.25. The fraction of sp³-hybridized carbons (Fsp3) is 0.436. The van der Waals surface area contributed by atoms with Crippen molar-refractivity contribution in [1.82, 2.24) is 45.2 Å². The number of carbonyl (C=O) groups is 1. The molecule has 0 bridgehead atoms. The summed E-state index contributed by atoms with van der Waals surface area (Å²) < 4.78 is 128. The molecule has 17 nitrogen and oxygen atoms in total. The number of aromatic amines is 1. The van der Waals surface area contributed by atoms with Crippen molar-refractivity contribution in [3.8, 4) is 11.5 Å². The lowest BCUT2D eigenvalue weighted by Gasteiger charge is -2.38. The van der Waals surface area contributed by atoms with E-state index in [1.165, 1.54) is 12.1 Å². The molecule has 25 heteroatoms. The molecular weight excluding hydrogens is 1060 g/mol. The first-order valence-corrected chi connectivity index (χ1v) is 25.8. The molecule has 9 rings (SSSR count). The smallest absolute Gasteiger partial charge is 0.434 e. The zero-order valence-corrected chi connectivity index (χ0v) is 44.7. The number of nitrogens with one attached hydrogen (secondary N) is 4. The zero-order valence-electron chi connectivity index (χ0n) is 44.7. The van der Waals surface area contributed by atoms with E-state index in [2.05, 4.69) is 36.5 Å². The van der Waals surface area contributed by atoms with Gasteiger partial charge in [0.25, 0.3) is 0 Å². The van der Waals surface area contributed by atoms with Crippen molar-refractivity contribution in [3.63, 3.8) is 0 Å². The Morgan fingerprint density at radius 2 is 1.10 bits per heavy atom. The lowest BCUT2D eigenvalue weighted by atomic mass is 9.69. The number of nitrogens with two attached hydrogens (primary N) is 1. The molecule has 0 radical (unpaired) electrons. The summed E-state index contributed by atoms with van der Waals surface area (Å²) in [5.74, 6) is 3.63. The maximum Gasteiger partial charge on any atom is 0.434 e. The summed E-state index contributed by atoms with van der Waals surface area (Å²) in [4.78, 5) is 34.3. The predicted molar refractivity (Wildman–Crippen MR) is 279 cm³/mol. The van der Waals surface area contributed by atoms with Gasteiger partial charge in [-0.1, -0.05) is 24.3 Å². The van der Waals surface area contributed by atoms with E-state index >= 15 is 0 Å². The van der Waals surface area contributed by atoms with Crippen molar-refractivity contribution >= 4 is 29.2 Å². The number of amides is 1. The van der Waals surface area contributed by atoms with Crippen molar-refractivity contribution < 1.29 is 53.8 Å². The summed E-state index contributed by atoms with van der Waals surface area (Å²) in [6, 6.07) is 20.7. The first-order chi connectivity index (χ1) is 37.7. The van der Waals surface area contributed by atoms with E-state index < -0.39 is 75.4 Å². The third-order valence-corrected chi connectivity index (χ3v) is 14.1. The summed E-state index contributed by atoms with van der Waals surface area (Å²) in [6.07, 6.45) is -3.79. The van der Waals surface area contributed by atoms with Crippen LogP contribution in [0.15, 0.2) is 107 Å². The minimum Gasteiger partial charge on any atom is -0.487 e. The third-order valence-electron chi connectivity index (χ3n) is 14.1. The van der Waals surface area contributed by atoms with Gasteiger partial charge in [-0.15, -0.1) is 5.10 Å². The summed E-state index contributed by atoms with van der Waals surface area (Å²) >= 11 is 0. The van der Waals surface area contributed by atoms with E-state index in [4.69, 9.17) is 29.7 Å². The van der Waals surface area contributed by atoms with Gasteiger partial charge in [-0.05, 0) is 141 Å². The molecule has 2 fully saturated rings. The van der Waals surface area contributed by atoms with Crippen molar-refractivity contribution in [2.24, 2.45) is 11.3 Å². The van der Waals surface area contributed by atoms with Crippen LogP contribution in [0, 0.1) is 17.0 Å². The van der Waals surface area contributed by atoms with Crippen LogP contribution < -0.4 is 37.1 Å². The number of ether oxygens (including phenoxy) is 2. The molecule has 2 aliphatic carbocycles. The summed E-state index contributed by atoms with van der Waals surface area (Å²) in [5, 5.41) is 21.8. The molecule has 0 unspecified atom stereocenters. The topological polar surface area (TPSA) is 218 Å². The van der Waals surface area contributed by atoms with Gasteiger partial charge >= 0.3 is 18.1 Å². The molecule has 2 aliphatic rings. The highest BCUT2D eigenvalue weighted by Crippen LogP contribution is 2.45. The summed E-state index contributed by atoms with van der Waals surface area (Å²) in [6.45, 7) is 12.2. The Bertz CT molecular complexity index is 3300. The van der Waals surface area contributed by atoms with Gasteiger partial charge in [-0.2, -0.15) is 36.5 Å². The van der Waals surface area contributed by atoms with E-state index in [0.717, 1.165) is 23.8 Å². The largest absolute Gasteiger partial charge is 0.487 e. The number of benzene rings is 2. The van der Waals surface area contributed by atoms with Crippen LogP contribution >= 0.6 is 0 Å². The molecule has 5 aromatic heterocycles. The zero-order chi connectivity index (χ0) is 57.8. The van der Waals surface area contributed by atoms with Gasteiger partial charge < -0.3 is 24.5 Å². The number of hydrazine groups is 1. The minimum atomic E-state index is -4.83. The second kappa shape index (κ2) is 23.1. The monoisotopic (exact) mass is 1120 g/mol. The standard InChI is InChI=1S/C28H30F4N6O3.C27H32F4N6O2/c1-26(2,3)38-22(12-15-33-38)35-21-9-4-6-17(34-21)16-27(24-36-37-25(39)41-24)13-10-18(11-14-27)40-20-8-5-7-19(23(20)29)28(30,31)32;1-25(2,3)37-22(12-15-33-37)35-21-9-4-6-17(34-21)16-26(24(38)36-32)13-10-18(11-14-26)39-20-8-5-7-19(23(20)28)27(29,30)31/h4-9,12,15,18H,10-11,13-14,16H2,1-3H3,(H,34,35)(H,37,39);4-9,12,15,18H,10-11,13-14,16,32H2,1-3H3,(H,34,35)(H,36,38). The van der Waals surface area contributed by atoms with Gasteiger partial charge in [0, 0.05) is 36.4 Å². The van der Waals surface area contributed by atoms with Crippen molar-refractivity contribution in [3.05, 3.63) is 148 Å². The average molecular weight is 1120 g/mol. The molecular formula is C55H62F8N12O5. The molecule has 2 saturated carbocycles. The number of hydrogen-bond acceptors (Lipinski definition) is 13. The Morgan fingerprint density at radius 3 is 1.51 bits per heavy atom. The molecule has 6 N–H and O–H groups in total. The lowest BCUT2D eigenvalue weighted by molar-refractivity contribution is -0.141. The number of anilines is 4. The number of nitrogens with zero attached hydrogens (tertiary/aromatic N) is 7. The summed E-state index contributed by atoms with van der Waals surface area (Å²) in [7, 11) is 0. The van der Waals surface area contributed by atoms with Gasteiger partial charge in [0.15, 0.2) is 23.1 Å². The number of rotatable bonds is 14. The third kappa shape index (κ3) is 13.6. The fourth-order valence-electron chi connectivity index (χ4n) is 10.2. The molecule has 428 valence electrons. The number of aromatic nitrogens is 8. The van der Waals surface area contributed by atoms with Crippen LogP contribution in [0.4, 0.5) is 58.4 Å². The number of pyridine rings is 2. The van der Waals surface area contributed by atoms with Crippen LogP contribution in [0.5, 0.6) is 11.5 Å². The van der Waals surface area contributed by atoms with Crippen LogP contribution in [-0.2, 0) is 46.5 Å². The number of alkyl halides is 6. The van der Waals surface area contributed by atoms with Gasteiger partial charge in [-0.3, -0.25) is 10.2 Å². The number of carbonyl (C=O) groups excluding carboxylic acids is 1. The van der Waals surface area contributed by atoms with E-state index in [9.17, 15) is 44.7 Å². The molecule has 0 atom stereocenters. The Hall–Kier alpha value is -7.83. The SMILES string of the molecule is CC(C)(C)n1nccc1Nc1cccc(CC2(C(=O)NN)CCC(Oc3cccc(C(F)(F)F)c3F)CC2)n1.CC(C)(C)n1nccc1Nc1cccc(CC2(c3n[nH]c(=O)o3)CCC(Oc3cccc(C(F)(F)F)c3F)CC2)n1. The number of halogens is 8. The van der Waals surface area contributed by atoms with Gasteiger partial charge in [0.1, 0.15) is 23.3 Å². The van der Waals surface area contributed by atoms with E-state index in [-0.39, 0.29) is 29.3 Å². The normalized spacial score (nSPS) is 19.8. The highest BCUT2D eigenvalue weighted by Gasteiger charge is 2.45. The van der Waals surface area contributed by atoms with Crippen LogP contribution in [0.2, 0.25) is 0 Å². The Balaban J connectivity index is 0.000000211. The number of H-pyrrole nitrogens is 1. The number of hydrogen-bond donors (Lipinski definition) is 5. The van der Waals surface area contributed by atoms with E-state index in [1.54, 1.807) is 12.4 Å². The van der Waals surface area contributed by atoms with Crippen LogP contribution in [0.3, 0.4) is 0 Å². The Morgan fingerprint density at radius 1 is 0.662 bits per heavy atom. The molecule has 0 spiro atoms. The predicted octanol–water partition coefficient (Wildman–Crippen LogP) is 11.6. The molecule has 1 amide bonds. The van der Waals surface area contributed by atoms with Crippen molar-refractivity contribution in [1.29, 1.82) is 0 Å². The van der Waals surface area contributed by atoms with Gasteiger partial charge in [0.05, 0.1) is 57.6 Å². The molecule has 7 aromatic rings. The van der Waals surface area contributed by atoms with Crippen molar-refractivity contribution in [2.45, 2.75) is 147 Å². The first kappa shape index (κ1) is 58.3.